The van der Waals surface area contributed by atoms with Gasteiger partial charge in [0.05, 0.1) is 16.5 Å². The highest BCUT2D eigenvalue weighted by molar-refractivity contribution is 5.87. The number of rotatable bonds is 8. The third-order valence-corrected chi connectivity index (χ3v) is 5.95. The average molecular weight is 437 g/mol. The molecule has 0 saturated carbocycles. The molecular formula is C24H23NO7. The number of pyridine rings is 1. The molecule has 1 N–H and O–H groups in total. The fourth-order valence-electron chi connectivity index (χ4n) is 4.31. The van der Waals surface area contributed by atoms with E-state index in [9.17, 15) is 19.5 Å². The number of carbonyl (C=O) groups is 2. The molecular weight excluding hydrogens is 414 g/mol. The first-order valence-corrected chi connectivity index (χ1v) is 10.3. The summed E-state index contributed by atoms with van der Waals surface area (Å²) >= 11 is 0. The number of carboxylic acid groups (broad SMARTS) is 1. The summed E-state index contributed by atoms with van der Waals surface area (Å²) in [6.07, 6.45) is 1.75. The van der Waals surface area contributed by atoms with Crippen LogP contribution in [0.3, 0.4) is 0 Å². The van der Waals surface area contributed by atoms with E-state index in [2.05, 4.69) is 0 Å². The number of carboxylic acids is 1. The van der Waals surface area contributed by atoms with Gasteiger partial charge in [0.1, 0.15) is 0 Å². The first kappa shape index (κ1) is 21.4. The summed E-state index contributed by atoms with van der Waals surface area (Å²) in [5.41, 5.74) is -1.39. The summed E-state index contributed by atoms with van der Waals surface area (Å²) in [4.78, 5) is 37.8. The minimum atomic E-state index is -2.17. The lowest BCUT2D eigenvalue weighted by Crippen LogP contribution is -2.48. The van der Waals surface area contributed by atoms with Crippen LogP contribution in [-0.2, 0) is 32.9 Å². The molecule has 1 aliphatic heterocycles. The lowest BCUT2D eigenvalue weighted by molar-refractivity contribution is -0.179. The Morgan fingerprint density at radius 2 is 1.94 bits per heavy atom. The van der Waals surface area contributed by atoms with Crippen LogP contribution < -0.4 is 14.9 Å². The number of aliphatic carboxylic acids is 1. The Balaban J connectivity index is 1.96. The Kier molecular flexibility index (Phi) is 5.61. The maximum atomic E-state index is 13.6. The molecule has 0 fully saturated rings. The van der Waals surface area contributed by atoms with Gasteiger partial charge < -0.3 is 23.9 Å². The number of aryl methyl sites for hydroxylation is 1. The third kappa shape index (κ3) is 3.37. The summed E-state index contributed by atoms with van der Waals surface area (Å²) in [5, 5.41) is 10.6. The number of ether oxygens (including phenoxy) is 3. The molecule has 0 saturated heterocycles. The molecule has 8 heteroatoms. The van der Waals surface area contributed by atoms with Crippen LogP contribution in [0.4, 0.5) is 0 Å². The molecule has 2 heterocycles. The molecule has 3 aromatic rings. The number of nitrogens with zero attached hydrogens (tertiary/aromatic N) is 1. The van der Waals surface area contributed by atoms with Crippen LogP contribution in [0.25, 0.3) is 10.9 Å². The molecule has 4 rings (SSSR count). The highest BCUT2D eigenvalue weighted by Crippen LogP contribution is 2.38. The molecule has 0 aliphatic carbocycles. The van der Waals surface area contributed by atoms with Gasteiger partial charge in [0.15, 0.2) is 16.9 Å². The summed E-state index contributed by atoms with van der Waals surface area (Å²) in [5.74, 6) is -1.23. The number of hydrogen-bond donors (Lipinski definition) is 1. The Bertz CT molecular complexity index is 1230. The molecule has 1 aliphatic rings. The molecule has 0 spiro atoms. The lowest BCUT2D eigenvalue weighted by atomic mass is 9.78. The average Bonchev–Trinajstić information content (AvgIpc) is 3.25. The zero-order valence-electron chi connectivity index (χ0n) is 17.7. The lowest BCUT2D eigenvalue weighted by Gasteiger charge is -2.34. The van der Waals surface area contributed by atoms with Crippen LogP contribution >= 0.6 is 0 Å². The van der Waals surface area contributed by atoms with Crippen molar-refractivity contribution in [2.24, 2.45) is 5.92 Å². The molecule has 0 radical (unpaired) electrons. The van der Waals surface area contributed by atoms with Gasteiger partial charge in [-0.2, -0.15) is 0 Å². The summed E-state index contributed by atoms with van der Waals surface area (Å²) in [7, 11) is 0. The maximum Gasteiger partial charge on any atom is 0.353 e. The normalized spacial score (nSPS) is 15.2. The number of fused-ring (bicyclic) bond motifs is 2. The first-order chi connectivity index (χ1) is 15.4. The minimum Gasteiger partial charge on any atom is -0.478 e. The van der Waals surface area contributed by atoms with Gasteiger partial charge in [-0.1, -0.05) is 37.3 Å². The largest absolute Gasteiger partial charge is 0.478 e. The van der Waals surface area contributed by atoms with Gasteiger partial charge in [0, 0.05) is 24.7 Å². The number of carbonyl (C=O) groups excluding carboxylic acids is 1. The zero-order chi connectivity index (χ0) is 22.9. The van der Waals surface area contributed by atoms with Crippen molar-refractivity contribution in [1.82, 2.24) is 4.57 Å². The number of benzene rings is 2. The Morgan fingerprint density at radius 3 is 2.56 bits per heavy atom. The minimum absolute atomic E-state index is 0.0419. The van der Waals surface area contributed by atoms with Crippen LogP contribution in [0.15, 0.2) is 53.5 Å². The summed E-state index contributed by atoms with van der Waals surface area (Å²) in [6.45, 7) is 4.11. The molecule has 0 amide bonds. The van der Waals surface area contributed by atoms with E-state index in [0.717, 1.165) is 5.56 Å². The van der Waals surface area contributed by atoms with Gasteiger partial charge in [-0.15, -0.1) is 0 Å². The molecule has 166 valence electrons. The molecule has 1 aromatic heterocycles. The fourth-order valence-corrected chi connectivity index (χ4v) is 4.31. The SMILES string of the molecule is CCn1cc(C(OC=O)(C(=O)O)C(C)Cc2ccccc2)c(=O)c2cc3c(cc21)OCO3. The van der Waals surface area contributed by atoms with Crippen molar-refractivity contribution >= 4 is 23.3 Å². The summed E-state index contributed by atoms with van der Waals surface area (Å²) in [6, 6.07) is 12.5. The Hall–Kier alpha value is -3.81. The van der Waals surface area contributed by atoms with E-state index in [1.165, 1.54) is 6.20 Å². The highest BCUT2D eigenvalue weighted by Gasteiger charge is 2.50. The van der Waals surface area contributed by atoms with Crippen molar-refractivity contribution < 1.29 is 28.9 Å². The third-order valence-electron chi connectivity index (χ3n) is 5.95. The van der Waals surface area contributed by atoms with Crippen LogP contribution in [0.1, 0.15) is 25.0 Å². The molecule has 2 unspecified atom stereocenters. The van der Waals surface area contributed by atoms with Crippen molar-refractivity contribution in [2.45, 2.75) is 32.4 Å². The van der Waals surface area contributed by atoms with Gasteiger partial charge in [0.2, 0.25) is 12.4 Å². The smallest absolute Gasteiger partial charge is 0.353 e. The Labute approximate surface area is 183 Å². The predicted octanol–water partition coefficient (Wildman–Crippen LogP) is 3.08. The van der Waals surface area contributed by atoms with Crippen LogP contribution in [0, 0.1) is 5.92 Å². The second-order valence-electron chi connectivity index (χ2n) is 7.73. The van der Waals surface area contributed by atoms with E-state index < -0.39 is 22.9 Å². The van der Waals surface area contributed by atoms with Crippen LogP contribution in [0.5, 0.6) is 11.5 Å². The molecule has 2 aromatic carbocycles. The predicted molar refractivity (Wildman–Crippen MR) is 116 cm³/mol. The number of hydrogen-bond acceptors (Lipinski definition) is 6. The van der Waals surface area contributed by atoms with E-state index in [4.69, 9.17) is 14.2 Å². The monoisotopic (exact) mass is 437 g/mol. The van der Waals surface area contributed by atoms with E-state index in [1.54, 1.807) is 23.6 Å². The van der Waals surface area contributed by atoms with Crippen LogP contribution in [-0.4, -0.2) is 28.9 Å². The van der Waals surface area contributed by atoms with E-state index >= 15 is 0 Å². The molecule has 0 bridgehead atoms. The van der Waals surface area contributed by atoms with E-state index in [0.29, 0.717) is 23.6 Å². The molecule has 32 heavy (non-hydrogen) atoms. The van der Waals surface area contributed by atoms with Crippen LogP contribution in [0.2, 0.25) is 0 Å². The maximum absolute atomic E-state index is 13.6. The van der Waals surface area contributed by atoms with Crippen molar-refractivity contribution in [3.8, 4) is 11.5 Å². The molecule has 2 atom stereocenters. The van der Waals surface area contributed by atoms with Crippen molar-refractivity contribution in [3.63, 3.8) is 0 Å². The molecule has 8 nitrogen and oxygen atoms in total. The van der Waals surface area contributed by atoms with Gasteiger partial charge in [-0.25, -0.2) is 4.79 Å². The highest BCUT2D eigenvalue weighted by atomic mass is 16.7. The fraction of sp³-hybridized carbons (Fsp3) is 0.292. The quantitative estimate of drug-likeness (QED) is 0.540. The Morgan fingerprint density at radius 1 is 1.25 bits per heavy atom. The van der Waals surface area contributed by atoms with Gasteiger partial charge in [0.25, 0.3) is 6.47 Å². The standard InChI is InChI=1S/C24H23NO7/c1-3-25-12-18(22(27)17-10-20-21(11-19(17)25)31-14-30-20)24(23(28)29,32-13-26)15(2)9-16-7-5-4-6-8-16/h4-8,10-13,15H,3,9,14H2,1-2H3,(H,28,29). The topological polar surface area (TPSA) is 104 Å². The zero-order valence-corrected chi connectivity index (χ0v) is 17.7. The van der Waals surface area contributed by atoms with Crippen molar-refractivity contribution in [3.05, 3.63) is 70.0 Å². The van der Waals surface area contributed by atoms with Gasteiger partial charge in [-0.05, 0) is 25.0 Å². The number of aromatic nitrogens is 1. The van der Waals surface area contributed by atoms with E-state index in [1.807, 2.05) is 37.3 Å². The van der Waals surface area contributed by atoms with Gasteiger partial charge in [-0.3, -0.25) is 9.59 Å². The van der Waals surface area contributed by atoms with Gasteiger partial charge >= 0.3 is 5.97 Å². The first-order valence-electron chi connectivity index (χ1n) is 10.3. The van der Waals surface area contributed by atoms with Crippen molar-refractivity contribution in [2.75, 3.05) is 6.79 Å². The second-order valence-corrected chi connectivity index (χ2v) is 7.73. The van der Waals surface area contributed by atoms with Crippen molar-refractivity contribution in [1.29, 1.82) is 0 Å². The second kappa shape index (κ2) is 8.37. The van der Waals surface area contributed by atoms with E-state index in [-0.39, 0.29) is 30.6 Å². The summed E-state index contributed by atoms with van der Waals surface area (Å²) < 4.78 is 17.9.